The van der Waals surface area contributed by atoms with Crippen LogP contribution in [-0.4, -0.2) is 43.0 Å². The van der Waals surface area contributed by atoms with Crippen LogP contribution in [0.2, 0.25) is 0 Å². The van der Waals surface area contributed by atoms with Gasteiger partial charge in [0.25, 0.3) is 0 Å². The fourth-order valence-electron chi connectivity index (χ4n) is 2.81. The van der Waals surface area contributed by atoms with Crippen molar-refractivity contribution in [3.63, 3.8) is 0 Å². The van der Waals surface area contributed by atoms with Gasteiger partial charge in [-0.2, -0.15) is 5.10 Å². The highest BCUT2D eigenvalue weighted by atomic mass is 79.9. The highest BCUT2D eigenvalue weighted by molar-refractivity contribution is 9.10. The zero-order valence-electron chi connectivity index (χ0n) is 15.4. The van der Waals surface area contributed by atoms with E-state index < -0.39 is 11.9 Å². The Morgan fingerprint density at radius 2 is 1.64 bits per heavy atom. The van der Waals surface area contributed by atoms with E-state index in [-0.39, 0.29) is 17.0 Å². The van der Waals surface area contributed by atoms with E-state index >= 15 is 0 Å². The predicted octanol–water partition coefficient (Wildman–Crippen LogP) is 3.88. The Balaban J connectivity index is 2.41. The fourth-order valence-corrected chi connectivity index (χ4v) is 3.17. The zero-order chi connectivity index (χ0) is 20.3. The minimum absolute atomic E-state index is 0.00500. The van der Waals surface area contributed by atoms with Crippen molar-refractivity contribution in [1.82, 2.24) is 9.78 Å². The zero-order valence-corrected chi connectivity index (χ0v) is 17.0. The Kier molecular flexibility index (Phi) is 5.79. The highest BCUT2D eigenvalue weighted by Crippen LogP contribution is 2.36. The summed E-state index contributed by atoms with van der Waals surface area (Å²) >= 11 is 3.42. The minimum Gasteiger partial charge on any atom is -0.496 e. The van der Waals surface area contributed by atoms with Gasteiger partial charge in [-0.25, -0.2) is 14.3 Å². The van der Waals surface area contributed by atoms with Crippen molar-refractivity contribution in [2.75, 3.05) is 21.3 Å². The maximum Gasteiger partial charge on any atom is 0.357 e. The quantitative estimate of drug-likeness (QED) is 0.555. The van der Waals surface area contributed by atoms with Crippen LogP contribution in [0.1, 0.15) is 20.8 Å². The van der Waals surface area contributed by atoms with Crippen molar-refractivity contribution >= 4 is 27.9 Å². The van der Waals surface area contributed by atoms with Gasteiger partial charge in [-0.05, 0) is 30.3 Å². The Bertz CT molecular complexity index is 1030. The van der Waals surface area contributed by atoms with E-state index in [4.69, 9.17) is 14.2 Å². The first kappa shape index (κ1) is 19.6. The van der Waals surface area contributed by atoms with E-state index in [1.807, 2.05) is 6.07 Å². The number of para-hydroxylation sites is 1. The normalized spacial score (nSPS) is 10.4. The van der Waals surface area contributed by atoms with Crippen LogP contribution in [0.4, 0.5) is 0 Å². The summed E-state index contributed by atoms with van der Waals surface area (Å²) in [6.45, 7) is 0. The van der Waals surface area contributed by atoms with E-state index in [0.29, 0.717) is 17.0 Å². The van der Waals surface area contributed by atoms with E-state index in [0.717, 1.165) is 4.47 Å². The molecule has 0 aliphatic heterocycles. The molecule has 0 amide bonds. The number of ether oxygens (including phenoxy) is 3. The summed E-state index contributed by atoms with van der Waals surface area (Å²) in [7, 11) is 4.00. The molecule has 1 aromatic heterocycles. The average molecular weight is 445 g/mol. The van der Waals surface area contributed by atoms with E-state index in [9.17, 15) is 9.59 Å². The molecule has 7 nitrogen and oxygen atoms in total. The van der Waals surface area contributed by atoms with Crippen LogP contribution in [0, 0.1) is 0 Å². The summed E-state index contributed by atoms with van der Waals surface area (Å²) in [4.78, 5) is 25.2. The smallest absolute Gasteiger partial charge is 0.357 e. The first-order valence-corrected chi connectivity index (χ1v) is 9.00. The number of esters is 2. The molecular weight excluding hydrogens is 428 g/mol. The number of benzene rings is 2. The molecule has 0 bridgehead atoms. The summed E-state index contributed by atoms with van der Waals surface area (Å²) in [5.41, 5.74) is 1.33. The summed E-state index contributed by atoms with van der Waals surface area (Å²) < 4.78 is 17.4. The van der Waals surface area contributed by atoms with Crippen LogP contribution < -0.4 is 4.74 Å². The lowest BCUT2D eigenvalue weighted by Gasteiger charge is -2.08. The molecule has 0 N–H and O–H groups in total. The minimum atomic E-state index is -0.711. The van der Waals surface area contributed by atoms with Crippen LogP contribution in [0.15, 0.2) is 53.0 Å². The molecule has 0 spiro atoms. The van der Waals surface area contributed by atoms with Gasteiger partial charge < -0.3 is 14.2 Å². The molecule has 8 heteroatoms. The van der Waals surface area contributed by atoms with Gasteiger partial charge in [-0.15, -0.1) is 0 Å². The number of carbonyl (C=O) groups excluding carboxylic acids is 2. The average Bonchev–Trinajstić information content (AvgIpc) is 3.13. The van der Waals surface area contributed by atoms with Crippen LogP contribution in [0.5, 0.6) is 5.75 Å². The van der Waals surface area contributed by atoms with E-state index in [1.165, 1.54) is 26.0 Å². The fraction of sp³-hybridized carbons (Fsp3) is 0.150. The number of hydrogen-bond donors (Lipinski definition) is 0. The number of methoxy groups -OCH3 is 3. The molecule has 0 radical (unpaired) electrons. The summed E-state index contributed by atoms with van der Waals surface area (Å²) in [5.74, 6) is -0.931. The monoisotopic (exact) mass is 444 g/mol. The number of halogens is 1. The molecule has 0 fully saturated rings. The number of carbonyl (C=O) groups is 2. The molecule has 2 aromatic carbocycles. The highest BCUT2D eigenvalue weighted by Gasteiger charge is 2.32. The van der Waals surface area contributed by atoms with E-state index in [2.05, 4.69) is 21.0 Å². The molecule has 3 rings (SSSR count). The second-order valence-corrected chi connectivity index (χ2v) is 6.56. The lowest BCUT2D eigenvalue weighted by atomic mass is 10.0. The third-order valence-electron chi connectivity index (χ3n) is 4.07. The van der Waals surface area contributed by atoms with Gasteiger partial charge in [0.05, 0.1) is 27.0 Å². The van der Waals surface area contributed by atoms with Gasteiger partial charge in [0.1, 0.15) is 17.0 Å². The standard InChI is InChI=1S/C20H17BrN2O5/c1-26-15-10-9-12(21)11-14(15)17-16(19(24)27-2)18(20(25)28-3)23(22-17)13-7-5-4-6-8-13/h4-11H,1-3H3. The van der Waals surface area contributed by atoms with Gasteiger partial charge >= 0.3 is 11.9 Å². The van der Waals surface area contributed by atoms with Crippen molar-refractivity contribution in [2.45, 2.75) is 0 Å². The Labute approximate surface area is 170 Å². The van der Waals surface area contributed by atoms with Crippen molar-refractivity contribution in [3.8, 4) is 22.7 Å². The number of aromatic nitrogens is 2. The Morgan fingerprint density at radius 3 is 2.25 bits per heavy atom. The van der Waals surface area contributed by atoms with Crippen LogP contribution in [0.3, 0.4) is 0 Å². The molecule has 3 aromatic rings. The lowest BCUT2D eigenvalue weighted by Crippen LogP contribution is -2.15. The van der Waals surface area contributed by atoms with Gasteiger partial charge in [0, 0.05) is 10.0 Å². The van der Waals surface area contributed by atoms with E-state index in [1.54, 1.807) is 42.5 Å². The molecule has 0 unspecified atom stereocenters. The van der Waals surface area contributed by atoms with Gasteiger partial charge in [-0.1, -0.05) is 34.1 Å². The molecule has 28 heavy (non-hydrogen) atoms. The number of rotatable bonds is 5. The lowest BCUT2D eigenvalue weighted by molar-refractivity contribution is 0.0549. The predicted molar refractivity (Wildman–Crippen MR) is 106 cm³/mol. The van der Waals surface area contributed by atoms with Crippen LogP contribution >= 0.6 is 15.9 Å². The van der Waals surface area contributed by atoms with Crippen LogP contribution in [-0.2, 0) is 9.47 Å². The molecular formula is C20H17BrN2O5. The Hall–Kier alpha value is -3.13. The third-order valence-corrected chi connectivity index (χ3v) is 4.56. The molecule has 0 atom stereocenters. The number of nitrogens with zero attached hydrogens (tertiary/aromatic N) is 2. The van der Waals surface area contributed by atoms with Crippen molar-refractivity contribution in [3.05, 3.63) is 64.3 Å². The van der Waals surface area contributed by atoms with Gasteiger partial charge in [0.15, 0.2) is 5.69 Å². The third kappa shape index (κ3) is 3.50. The summed E-state index contributed by atoms with van der Waals surface area (Å²) in [6, 6.07) is 14.3. The maximum absolute atomic E-state index is 12.6. The second kappa shape index (κ2) is 8.26. The van der Waals surface area contributed by atoms with Crippen molar-refractivity contribution in [2.24, 2.45) is 0 Å². The first-order valence-electron chi connectivity index (χ1n) is 8.20. The molecule has 0 aliphatic carbocycles. The number of hydrogen-bond acceptors (Lipinski definition) is 6. The topological polar surface area (TPSA) is 79.7 Å². The van der Waals surface area contributed by atoms with Gasteiger partial charge in [0.2, 0.25) is 0 Å². The largest absolute Gasteiger partial charge is 0.496 e. The van der Waals surface area contributed by atoms with Crippen LogP contribution in [0.25, 0.3) is 16.9 Å². The summed E-state index contributed by atoms with van der Waals surface area (Å²) in [5, 5.41) is 4.55. The molecule has 1 heterocycles. The van der Waals surface area contributed by atoms with Crippen molar-refractivity contribution < 1.29 is 23.8 Å². The van der Waals surface area contributed by atoms with Gasteiger partial charge in [-0.3, -0.25) is 0 Å². The summed E-state index contributed by atoms with van der Waals surface area (Å²) in [6.07, 6.45) is 0. The Morgan fingerprint density at radius 1 is 0.964 bits per heavy atom. The molecule has 0 saturated carbocycles. The second-order valence-electron chi connectivity index (χ2n) is 5.65. The molecule has 0 aliphatic rings. The molecule has 144 valence electrons. The van der Waals surface area contributed by atoms with Crippen molar-refractivity contribution in [1.29, 1.82) is 0 Å². The SMILES string of the molecule is COC(=O)c1c(-c2cc(Br)ccc2OC)nn(-c2ccccc2)c1C(=O)OC. The first-order chi connectivity index (χ1) is 13.5. The molecule has 0 saturated heterocycles. The maximum atomic E-state index is 12.6.